The van der Waals surface area contributed by atoms with Gasteiger partial charge >= 0.3 is 5.97 Å². The molecule has 0 amide bonds. The molecule has 2 aromatic rings. The van der Waals surface area contributed by atoms with Gasteiger partial charge in [0.2, 0.25) is 0 Å². The molecular formula is C21H17FN4O3. The number of benzene rings is 1. The van der Waals surface area contributed by atoms with E-state index in [2.05, 4.69) is 10.1 Å². The number of ether oxygens (including phenoxy) is 1. The Kier molecular flexibility index (Phi) is 3.87. The van der Waals surface area contributed by atoms with E-state index in [-0.39, 0.29) is 11.4 Å². The summed E-state index contributed by atoms with van der Waals surface area (Å²) in [6.45, 7) is 0.311. The summed E-state index contributed by atoms with van der Waals surface area (Å²) in [5.41, 5.74) is 3.68. The number of esters is 1. The lowest BCUT2D eigenvalue weighted by Crippen LogP contribution is -2.23. The summed E-state index contributed by atoms with van der Waals surface area (Å²) < 4.78 is 21.5. The number of carbonyl (C=O) groups is 1. The van der Waals surface area contributed by atoms with Gasteiger partial charge in [-0.2, -0.15) is 5.10 Å². The summed E-state index contributed by atoms with van der Waals surface area (Å²) in [7, 11) is 1.79. The van der Waals surface area contributed by atoms with E-state index in [1.54, 1.807) is 36.3 Å². The van der Waals surface area contributed by atoms with Gasteiger partial charge in [0.15, 0.2) is 0 Å². The van der Waals surface area contributed by atoms with Crippen molar-refractivity contribution in [3.05, 3.63) is 65.1 Å². The number of cyclic esters (lactones) is 1. The van der Waals surface area contributed by atoms with Crippen LogP contribution in [0.1, 0.15) is 12.5 Å². The Bertz CT molecular complexity index is 1250. The highest BCUT2D eigenvalue weighted by molar-refractivity contribution is 5.89. The predicted molar refractivity (Wildman–Crippen MR) is 104 cm³/mol. The monoisotopic (exact) mass is 392 g/mol. The van der Waals surface area contributed by atoms with Crippen molar-refractivity contribution < 1.29 is 13.9 Å². The first kappa shape index (κ1) is 17.4. The highest BCUT2D eigenvalue weighted by Crippen LogP contribution is 2.37. The summed E-state index contributed by atoms with van der Waals surface area (Å²) in [5.74, 6) is -0.720. The number of carbonyl (C=O) groups excluding carboxylic acids is 1. The standard InChI is InChI=1S/C21H17FN4O3/c1-25-10-15(19(24-25)12-2-4-13(22)5-3-12)14-6-8-23-16-11-26(20(27)18(14)16)17-7-9-29-21(17)28/h2-6,8,10-11,17,23H,7,9H2,1H3/t17-/m0/s1. The van der Waals surface area contributed by atoms with Crippen molar-refractivity contribution in [2.75, 3.05) is 6.61 Å². The minimum absolute atomic E-state index is 0.260. The zero-order valence-electron chi connectivity index (χ0n) is 15.6. The molecule has 1 saturated heterocycles. The van der Waals surface area contributed by atoms with E-state index in [0.717, 1.165) is 11.1 Å². The fraction of sp³-hybridized carbons (Fsp3) is 0.190. The fourth-order valence-corrected chi connectivity index (χ4v) is 3.87. The molecule has 3 aliphatic rings. The molecule has 7 nitrogen and oxygen atoms in total. The van der Waals surface area contributed by atoms with Crippen LogP contribution in [0.5, 0.6) is 0 Å². The van der Waals surface area contributed by atoms with Crippen LogP contribution < -0.4 is 5.56 Å². The van der Waals surface area contributed by atoms with Gasteiger partial charge in [0, 0.05) is 48.7 Å². The lowest BCUT2D eigenvalue weighted by atomic mass is 9.98. The van der Waals surface area contributed by atoms with Crippen LogP contribution in [0.4, 0.5) is 4.39 Å². The molecule has 8 heteroatoms. The van der Waals surface area contributed by atoms with Gasteiger partial charge in [0.1, 0.15) is 17.6 Å². The Hall–Kier alpha value is -3.68. The van der Waals surface area contributed by atoms with Crippen LogP contribution in [-0.4, -0.2) is 31.9 Å². The maximum atomic E-state index is 13.4. The second kappa shape index (κ2) is 6.44. The molecule has 1 aromatic heterocycles. The number of aromatic amines is 1. The quantitative estimate of drug-likeness (QED) is 0.544. The minimum Gasteiger partial charge on any atom is -0.464 e. The Morgan fingerprint density at radius 3 is 2.66 bits per heavy atom. The zero-order valence-corrected chi connectivity index (χ0v) is 15.6. The number of hydrogen-bond acceptors (Lipinski definition) is 4. The largest absolute Gasteiger partial charge is 0.464 e. The SMILES string of the molecule is Cn1cc(-c2cc[nH]c3cn([C@H]4CCOC4=O)c(=O)c2-3)c(-c2ccc(F)cc2)n1. The van der Waals surface area contributed by atoms with Crippen LogP contribution in [0.2, 0.25) is 0 Å². The molecule has 146 valence electrons. The Morgan fingerprint density at radius 1 is 1.14 bits per heavy atom. The molecule has 1 N–H and O–H groups in total. The van der Waals surface area contributed by atoms with Gasteiger partial charge in [-0.15, -0.1) is 0 Å². The van der Waals surface area contributed by atoms with Crippen LogP contribution in [-0.2, 0) is 16.6 Å². The van der Waals surface area contributed by atoms with Gasteiger partial charge in [0.05, 0.1) is 17.9 Å². The van der Waals surface area contributed by atoms with E-state index in [4.69, 9.17) is 4.74 Å². The number of hydrogen-bond donors (Lipinski definition) is 1. The van der Waals surface area contributed by atoms with Crippen molar-refractivity contribution in [2.45, 2.75) is 12.5 Å². The Balaban J connectivity index is 1.71. The van der Waals surface area contributed by atoms with Gasteiger partial charge in [-0.05, 0) is 30.3 Å². The summed E-state index contributed by atoms with van der Waals surface area (Å²) in [6.07, 6.45) is 5.70. The Morgan fingerprint density at radius 2 is 1.93 bits per heavy atom. The van der Waals surface area contributed by atoms with Crippen molar-refractivity contribution in [3.63, 3.8) is 0 Å². The van der Waals surface area contributed by atoms with Crippen LogP contribution in [0.15, 0.2) is 53.7 Å². The number of aromatic nitrogens is 4. The van der Waals surface area contributed by atoms with Gasteiger partial charge in [-0.25, -0.2) is 9.18 Å². The lowest BCUT2D eigenvalue weighted by molar-refractivity contribution is -0.140. The van der Waals surface area contributed by atoms with Gasteiger partial charge in [-0.1, -0.05) is 0 Å². The predicted octanol–water partition coefficient (Wildman–Crippen LogP) is 2.98. The van der Waals surface area contributed by atoms with E-state index in [0.29, 0.717) is 35.5 Å². The third-order valence-electron chi connectivity index (χ3n) is 5.22. The molecule has 0 aliphatic carbocycles. The number of H-pyrrole nitrogens is 1. The number of aryl methyl sites for hydroxylation is 1. The zero-order chi connectivity index (χ0) is 20.1. The third-order valence-corrected chi connectivity index (χ3v) is 5.22. The van der Waals surface area contributed by atoms with E-state index in [1.807, 2.05) is 12.3 Å². The third kappa shape index (κ3) is 2.75. The van der Waals surface area contributed by atoms with Crippen molar-refractivity contribution in [1.82, 2.24) is 19.3 Å². The first-order valence-electron chi connectivity index (χ1n) is 9.22. The molecule has 0 spiro atoms. The second-order valence-electron chi connectivity index (χ2n) is 7.07. The molecule has 1 fully saturated rings. The van der Waals surface area contributed by atoms with E-state index in [1.165, 1.54) is 16.7 Å². The average Bonchev–Trinajstić information content (AvgIpc) is 3.39. The molecule has 0 unspecified atom stereocenters. The topological polar surface area (TPSA) is 81.9 Å². The number of nitrogens with one attached hydrogen (secondary N) is 1. The summed E-state index contributed by atoms with van der Waals surface area (Å²) in [4.78, 5) is 28.3. The molecule has 0 bridgehead atoms. The van der Waals surface area contributed by atoms with Crippen LogP contribution in [0, 0.1) is 5.82 Å². The molecule has 0 radical (unpaired) electrons. The highest BCUT2D eigenvalue weighted by Gasteiger charge is 2.32. The number of halogens is 1. The minimum atomic E-state index is -0.610. The normalized spacial score (nSPS) is 16.5. The second-order valence-corrected chi connectivity index (χ2v) is 7.07. The number of fused-ring (bicyclic) bond motifs is 1. The van der Waals surface area contributed by atoms with Crippen LogP contribution in [0.25, 0.3) is 33.6 Å². The smallest absolute Gasteiger partial charge is 0.329 e. The fourth-order valence-electron chi connectivity index (χ4n) is 3.87. The number of nitrogens with zero attached hydrogens (tertiary/aromatic N) is 3. The van der Waals surface area contributed by atoms with E-state index < -0.39 is 12.0 Å². The first-order valence-corrected chi connectivity index (χ1v) is 9.22. The molecule has 1 aromatic carbocycles. The summed E-state index contributed by atoms with van der Waals surface area (Å²) in [6, 6.07) is 7.27. The van der Waals surface area contributed by atoms with Crippen molar-refractivity contribution in [2.24, 2.45) is 7.05 Å². The Labute approximate surface area is 164 Å². The average molecular weight is 392 g/mol. The van der Waals surface area contributed by atoms with Gasteiger partial charge in [0.25, 0.3) is 5.56 Å². The summed E-state index contributed by atoms with van der Waals surface area (Å²) >= 11 is 0. The lowest BCUT2D eigenvalue weighted by Gasteiger charge is -2.07. The van der Waals surface area contributed by atoms with E-state index >= 15 is 0 Å². The molecule has 29 heavy (non-hydrogen) atoms. The molecule has 1 atom stereocenters. The van der Waals surface area contributed by atoms with Crippen LogP contribution in [0.3, 0.4) is 0 Å². The molecule has 5 rings (SSSR count). The van der Waals surface area contributed by atoms with Crippen LogP contribution >= 0.6 is 0 Å². The number of rotatable bonds is 3. The molecule has 0 saturated carbocycles. The first-order chi connectivity index (χ1) is 14.0. The van der Waals surface area contributed by atoms with Crippen molar-refractivity contribution in [3.8, 4) is 33.6 Å². The van der Waals surface area contributed by atoms with Crippen molar-refractivity contribution >= 4 is 5.97 Å². The van der Waals surface area contributed by atoms with Crippen molar-refractivity contribution in [1.29, 1.82) is 0 Å². The molecular weight excluding hydrogens is 375 g/mol. The maximum absolute atomic E-state index is 13.4. The maximum Gasteiger partial charge on any atom is 0.329 e. The summed E-state index contributed by atoms with van der Waals surface area (Å²) in [5, 5.41) is 4.52. The van der Waals surface area contributed by atoms with Gasteiger partial charge in [-0.3, -0.25) is 14.0 Å². The molecule has 3 aliphatic heterocycles. The highest BCUT2D eigenvalue weighted by atomic mass is 19.1. The van der Waals surface area contributed by atoms with Gasteiger partial charge < -0.3 is 9.72 Å². The number of pyridine rings is 1. The molecule has 4 heterocycles. The van der Waals surface area contributed by atoms with E-state index in [9.17, 15) is 14.0 Å².